The summed E-state index contributed by atoms with van der Waals surface area (Å²) in [7, 11) is 0. The van der Waals surface area contributed by atoms with Gasteiger partial charge in [-0.25, -0.2) is 14.8 Å². The summed E-state index contributed by atoms with van der Waals surface area (Å²) < 4.78 is 13.3. The molecule has 1 amide bonds. The number of aryl methyl sites for hydroxylation is 1. The largest absolute Gasteiger partial charge is 0.444 e. The topological polar surface area (TPSA) is 72.2 Å². The van der Waals surface area contributed by atoms with Crippen LogP contribution in [0.2, 0.25) is 0 Å². The molecule has 0 atom stereocenters. The fraction of sp³-hybridized carbons (Fsp3) is 0.682. The number of piperidine rings is 1. The van der Waals surface area contributed by atoms with E-state index in [4.69, 9.17) is 19.4 Å². The predicted molar refractivity (Wildman–Crippen MR) is 115 cm³/mol. The molecule has 30 heavy (non-hydrogen) atoms. The Morgan fingerprint density at radius 3 is 2.53 bits per heavy atom. The van der Waals surface area contributed by atoms with Crippen LogP contribution in [0.25, 0.3) is 5.65 Å². The van der Waals surface area contributed by atoms with Gasteiger partial charge in [0.1, 0.15) is 5.60 Å². The maximum atomic E-state index is 12.4. The van der Waals surface area contributed by atoms with Crippen molar-refractivity contribution >= 4 is 17.6 Å². The first kappa shape index (κ1) is 20.9. The van der Waals surface area contributed by atoms with Crippen molar-refractivity contribution in [1.82, 2.24) is 19.3 Å². The minimum Gasteiger partial charge on any atom is -0.444 e. The number of aromatic nitrogens is 3. The minimum atomic E-state index is -0.466. The number of carbonyl (C=O) groups is 1. The number of hydrogen-bond acceptors (Lipinski definition) is 6. The van der Waals surface area contributed by atoms with Gasteiger partial charge in [0, 0.05) is 50.2 Å². The van der Waals surface area contributed by atoms with Crippen LogP contribution >= 0.6 is 0 Å². The van der Waals surface area contributed by atoms with E-state index in [0.29, 0.717) is 19.0 Å². The van der Waals surface area contributed by atoms with Crippen molar-refractivity contribution < 1.29 is 14.3 Å². The Labute approximate surface area is 178 Å². The highest BCUT2D eigenvalue weighted by atomic mass is 16.6. The summed E-state index contributed by atoms with van der Waals surface area (Å²) in [6.45, 7) is 12.3. The van der Waals surface area contributed by atoms with E-state index in [1.54, 1.807) is 0 Å². The zero-order chi connectivity index (χ0) is 21.3. The van der Waals surface area contributed by atoms with Crippen molar-refractivity contribution in [3.05, 3.63) is 23.8 Å². The number of carbonyl (C=O) groups excluding carboxylic acids is 1. The van der Waals surface area contributed by atoms with Gasteiger partial charge in [0.15, 0.2) is 11.5 Å². The molecule has 8 nitrogen and oxygen atoms in total. The number of imidazole rings is 1. The highest BCUT2D eigenvalue weighted by Crippen LogP contribution is 2.31. The molecule has 0 radical (unpaired) electrons. The fourth-order valence-corrected chi connectivity index (χ4v) is 4.19. The maximum absolute atomic E-state index is 12.4. The first-order valence-corrected chi connectivity index (χ1v) is 11.0. The molecule has 0 unspecified atom stereocenters. The van der Waals surface area contributed by atoms with Crippen LogP contribution in [0, 0.1) is 0 Å². The molecule has 0 aromatic carbocycles. The SMILES string of the molecule is CCc1cn2c(C3CCN(C(=O)OC(C)(C)C)CC3)cnc(N3CCOCC3)c2n1. The smallest absolute Gasteiger partial charge is 0.410 e. The number of morpholine rings is 1. The first-order valence-electron chi connectivity index (χ1n) is 11.0. The van der Waals surface area contributed by atoms with Crippen molar-refractivity contribution in [2.45, 2.75) is 58.5 Å². The van der Waals surface area contributed by atoms with Crippen molar-refractivity contribution in [3.63, 3.8) is 0 Å². The quantitative estimate of drug-likeness (QED) is 0.766. The number of likely N-dealkylation sites (tertiary alicyclic amines) is 1. The van der Waals surface area contributed by atoms with Crippen molar-refractivity contribution in [2.24, 2.45) is 0 Å². The Kier molecular flexibility index (Phi) is 5.86. The van der Waals surface area contributed by atoms with Crippen LogP contribution in [0.3, 0.4) is 0 Å². The van der Waals surface area contributed by atoms with E-state index >= 15 is 0 Å². The third kappa shape index (κ3) is 4.38. The number of ether oxygens (including phenoxy) is 2. The molecule has 8 heteroatoms. The summed E-state index contributed by atoms with van der Waals surface area (Å²) >= 11 is 0. The summed E-state index contributed by atoms with van der Waals surface area (Å²) in [5.41, 5.74) is 2.72. The number of fused-ring (bicyclic) bond motifs is 1. The van der Waals surface area contributed by atoms with E-state index < -0.39 is 5.60 Å². The lowest BCUT2D eigenvalue weighted by atomic mass is 9.93. The molecule has 0 saturated carbocycles. The van der Waals surface area contributed by atoms with E-state index in [0.717, 1.165) is 62.7 Å². The zero-order valence-electron chi connectivity index (χ0n) is 18.6. The normalized spacial score (nSPS) is 18.8. The predicted octanol–water partition coefficient (Wildman–Crippen LogP) is 3.24. The highest BCUT2D eigenvalue weighted by molar-refractivity contribution is 5.68. The highest BCUT2D eigenvalue weighted by Gasteiger charge is 2.29. The van der Waals surface area contributed by atoms with Crippen LogP contribution in [0.1, 0.15) is 57.8 Å². The molecule has 4 heterocycles. The second kappa shape index (κ2) is 8.41. The number of rotatable bonds is 3. The lowest BCUT2D eigenvalue weighted by molar-refractivity contribution is 0.0203. The Balaban J connectivity index is 1.55. The van der Waals surface area contributed by atoms with E-state index in [-0.39, 0.29) is 6.09 Å². The molecule has 2 aromatic rings. The van der Waals surface area contributed by atoms with E-state index in [1.807, 2.05) is 31.9 Å². The molecule has 2 aromatic heterocycles. The standard InChI is InChI=1S/C22H33N5O3/c1-5-17-15-27-18(14-23-19(20(27)24-17)25-10-12-29-13-11-25)16-6-8-26(9-7-16)21(28)30-22(2,3)4/h14-16H,5-13H2,1-4H3. The van der Waals surface area contributed by atoms with Gasteiger partial charge in [-0.1, -0.05) is 6.92 Å². The Morgan fingerprint density at radius 1 is 1.20 bits per heavy atom. The lowest BCUT2D eigenvalue weighted by Crippen LogP contribution is -2.41. The minimum absolute atomic E-state index is 0.220. The van der Waals surface area contributed by atoms with Gasteiger partial charge in [0.25, 0.3) is 0 Å². The summed E-state index contributed by atoms with van der Waals surface area (Å²) in [5, 5.41) is 0. The van der Waals surface area contributed by atoms with Gasteiger partial charge in [0.05, 0.1) is 18.9 Å². The Hall–Kier alpha value is -2.35. The molecule has 2 fully saturated rings. The van der Waals surface area contributed by atoms with E-state index in [1.165, 1.54) is 5.69 Å². The first-order chi connectivity index (χ1) is 14.4. The third-order valence-corrected chi connectivity index (χ3v) is 5.79. The van der Waals surface area contributed by atoms with Crippen LogP contribution in [-0.2, 0) is 15.9 Å². The van der Waals surface area contributed by atoms with Gasteiger partial charge >= 0.3 is 6.09 Å². The van der Waals surface area contributed by atoms with Crippen molar-refractivity contribution in [1.29, 1.82) is 0 Å². The second-order valence-corrected chi connectivity index (χ2v) is 9.13. The lowest BCUT2D eigenvalue weighted by Gasteiger charge is -2.34. The molecule has 0 spiro atoms. The third-order valence-electron chi connectivity index (χ3n) is 5.79. The van der Waals surface area contributed by atoms with Gasteiger partial charge in [-0.05, 0) is 40.0 Å². The van der Waals surface area contributed by atoms with E-state index in [9.17, 15) is 4.79 Å². The van der Waals surface area contributed by atoms with Crippen molar-refractivity contribution in [2.75, 3.05) is 44.3 Å². The molecule has 0 N–H and O–H groups in total. The van der Waals surface area contributed by atoms with Crippen LogP contribution < -0.4 is 4.90 Å². The number of anilines is 1. The molecule has 2 aliphatic rings. The maximum Gasteiger partial charge on any atom is 0.410 e. The molecule has 0 aliphatic carbocycles. The molecular formula is C22H33N5O3. The number of amides is 1. The molecule has 0 bridgehead atoms. The van der Waals surface area contributed by atoms with E-state index in [2.05, 4.69) is 22.4 Å². The van der Waals surface area contributed by atoms with Gasteiger partial charge in [-0.3, -0.25) is 4.40 Å². The monoisotopic (exact) mass is 415 g/mol. The molecule has 164 valence electrons. The average molecular weight is 416 g/mol. The van der Waals surface area contributed by atoms with Crippen LogP contribution in [0.15, 0.2) is 12.4 Å². The molecule has 4 rings (SSSR count). The Morgan fingerprint density at radius 2 is 1.90 bits per heavy atom. The Bertz CT molecular complexity index is 890. The molecular weight excluding hydrogens is 382 g/mol. The summed E-state index contributed by atoms with van der Waals surface area (Å²) in [4.78, 5) is 26.2. The molecule has 2 saturated heterocycles. The summed E-state index contributed by atoms with van der Waals surface area (Å²) in [5.74, 6) is 1.28. The summed E-state index contributed by atoms with van der Waals surface area (Å²) in [6.07, 6.45) is 6.62. The fourth-order valence-electron chi connectivity index (χ4n) is 4.19. The van der Waals surface area contributed by atoms with Gasteiger partial charge < -0.3 is 19.3 Å². The van der Waals surface area contributed by atoms with Crippen molar-refractivity contribution in [3.8, 4) is 0 Å². The number of nitrogens with zero attached hydrogens (tertiary/aromatic N) is 5. The van der Waals surface area contributed by atoms with Gasteiger partial charge in [0.2, 0.25) is 0 Å². The zero-order valence-corrected chi connectivity index (χ0v) is 18.6. The number of hydrogen-bond donors (Lipinski definition) is 0. The van der Waals surface area contributed by atoms with Crippen LogP contribution in [0.4, 0.5) is 10.6 Å². The van der Waals surface area contributed by atoms with Crippen LogP contribution in [0.5, 0.6) is 0 Å². The average Bonchev–Trinajstić information content (AvgIpc) is 3.17. The van der Waals surface area contributed by atoms with Gasteiger partial charge in [-0.2, -0.15) is 0 Å². The van der Waals surface area contributed by atoms with Gasteiger partial charge in [-0.15, -0.1) is 0 Å². The molecule has 2 aliphatic heterocycles. The second-order valence-electron chi connectivity index (χ2n) is 9.13. The van der Waals surface area contributed by atoms with Crippen LogP contribution in [-0.4, -0.2) is 70.4 Å². The summed E-state index contributed by atoms with van der Waals surface area (Å²) in [6, 6.07) is 0.